The van der Waals surface area contributed by atoms with E-state index in [1.807, 2.05) is 25.1 Å². The second kappa shape index (κ2) is 6.41. The molecule has 0 fully saturated rings. The lowest BCUT2D eigenvalue weighted by molar-refractivity contribution is -0.139. The fraction of sp³-hybridized carbons (Fsp3) is 0.333. The second-order valence-electron chi connectivity index (χ2n) is 4.82. The van der Waals surface area contributed by atoms with E-state index in [0.29, 0.717) is 5.58 Å². The van der Waals surface area contributed by atoms with Crippen LogP contribution in [0.5, 0.6) is 0 Å². The van der Waals surface area contributed by atoms with Crippen molar-refractivity contribution in [2.75, 3.05) is 13.7 Å². The summed E-state index contributed by atoms with van der Waals surface area (Å²) in [6.45, 7) is 2.07. The van der Waals surface area contributed by atoms with Gasteiger partial charge in [0.15, 0.2) is 5.76 Å². The number of amides is 1. The number of aryl methyl sites for hydroxylation is 1. The van der Waals surface area contributed by atoms with Crippen molar-refractivity contribution in [2.45, 2.75) is 19.4 Å². The Morgan fingerprint density at radius 1 is 1.38 bits per heavy atom. The van der Waals surface area contributed by atoms with Crippen molar-refractivity contribution in [1.29, 1.82) is 0 Å². The number of fused-ring (bicyclic) bond motifs is 1. The van der Waals surface area contributed by atoms with E-state index in [1.54, 1.807) is 6.07 Å². The number of furan rings is 1. The Morgan fingerprint density at radius 3 is 2.81 bits per heavy atom. The van der Waals surface area contributed by atoms with E-state index in [2.05, 4.69) is 5.32 Å². The maximum atomic E-state index is 12.0. The van der Waals surface area contributed by atoms with Gasteiger partial charge in [0.05, 0.1) is 12.5 Å². The summed E-state index contributed by atoms with van der Waals surface area (Å²) >= 11 is 0. The first kappa shape index (κ1) is 15.1. The van der Waals surface area contributed by atoms with Gasteiger partial charge in [0, 0.05) is 19.0 Å². The molecule has 0 radical (unpaired) electrons. The average molecular weight is 291 g/mol. The Balaban J connectivity index is 2.03. The van der Waals surface area contributed by atoms with E-state index in [-0.39, 0.29) is 18.7 Å². The van der Waals surface area contributed by atoms with E-state index in [9.17, 15) is 9.59 Å². The number of carboxylic acids is 1. The minimum atomic E-state index is -0.977. The third-order valence-electron chi connectivity index (χ3n) is 3.12. The summed E-state index contributed by atoms with van der Waals surface area (Å²) in [6.07, 6.45) is -0.742. The molecular weight excluding hydrogens is 274 g/mol. The van der Waals surface area contributed by atoms with Crippen LogP contribution < -0.4 is 5.32 Å². The zero-order chi connectivity index (χ0) is 15.4. The molecule has 6 nitrogen and oxygen atoms in total. The summed E-state index contributed by atoms with van der Waals surface area (Å²) in [4.78, 5) is 22.6. The van der Waals surface area contributed by atoms with Crippen LogP contribution in [0.2, 0.25) is 0 Å². The van der Waals surface area contributed by atoms with Gasteiger partial charge in [-0.15, -0.1) is 0 Å². The van der Waals surface area contributed by atoms with Crippen LogP contribution in [0.3, 0.4) is 0 Å². The highest BCUT2D eigenvalue weighted by molar-refractivity contribution is 5.96. The van der Waals surface area contributed by atoms with Crippen LogP contribution >= 0.6 is 0 Å². The molecular formula is C15H17NO5. The molecule has 1 aromatic carbocycles. The third-order valence-corrected chi connectivity index (χ3v) is 3.12. The Morgan fingerprint density at radius 2 is 2.14 bits per heavy atom. The van der Waals surface area contributed by atoms with Crippen LogP contribution in [0, 0.1) is 6.92 Å². The number of benzene rings is 1. The first-order valence-electron chi connectivity index (χ1n) is 6.52. The minimum absolute atomic E-state index is 0.109. The van der Waals surface area contributed by atoms with Crippen molar-refractivity contribution >= 4 is 22.8 Å². The molecule has 1 unspecified atom stereocenters. The van der Waals surface area contributed by atoms with Crippen LogP contribution in [-0.4, -0.2) is 36.7 Å². The topological polar surface area (TPSA) is 88.8 Å². The molecule has 0 bridgehead atoms. The molecule has 2 rings (SSSR count). The molecule has 2 aromatic rings. The molecule has 0 aliphatic rings. The Hall–Kier alpha value is -2.34. The molecule has 0 saturated heterocycles. The maximum absolute atomic E-state index is 12.0. The average Bonchev–Trinajstić information content (AvgIpc) is 2.85. The molecule has 0 saturated carbocycles. The molecule has 1 aromatic heterocycles. The highest BCUT2D eigenvalue weighted by Gasteiger charge is 2.16. The number of hydrogen-bond acceptors (Lipinski definition) is 4. The van der Waals surface area contributed by atoms with Gasteiger partial charge in [-0.3, -0.25) is 9.59 Å². The summed E-state index contributed by atoms with van der Waals surface area (Å²) in [6, 6.07) is 7.31. The zero-order valence-corrected chi connectivity index (χ0v) is 11.9. The molecule has 0 aliphatic carbocycles. The van der Waals surface area contributed by atoms with Gasteiger partial charge in [0.2, 0.25) is 0 Å². The molecule has 0 spiro atoms. The molecule has 1 atom stereocenters. The number of rotatable bonds is 6. The molecule has 0 aliphatic heterocycles. The van der Waals surface area contributed by atoms with Gasteiger partial charge < -0.3 is 19.6 Å². The number of carbonyl (C=O) groups is 2. The Kier molecular flexibility index (Phi) is 4.59. The van der Waals surface area contributed by atoms with Crippen molar-refractivity contribution in [3.63, 3.8) is 0 Å². The van der Waals surface area contributed by atoms with Crippen LogP contribution in [0.1, 0.15) is 22.5 Å². The number of carbonyl (C=O) groups excluding carboxylic acids is 1. The molecule has 21 heavy (non-hydrogen) atoms. The Labute approximate surface area is 121 Å². The number of carboxylic acid groups (broad SMARTS) is 1. The third kappa shape index (κ3) is 3.82. The van der Waals surface area contributed by atoms with Gasteiger partial charge in [-0.25, -0.2) is 0 Å². The number of aliphatic carboxylic acids is 1. The van der Waals surface area contributed by atoms with Gasteiger partial charge in [0.1, 0.15) is 5.58 Å². The lowest BCUT2D eigenvalue weighted by atomic mass is 10.2. The summed E-state index contributed by atoms with van der Waals surface area (Å²) in [7, 11) is 1.41. The van der Waals surface area contributed by atoms with Gasteiger partial charge in [-0.1, -0.05) is 11.6 Å². The van der Waals surface area contributed by atoms with Gasteiger partial charge in [0.25, 0.3) is 5.91 Å². The summed E-state index contributed by atoms with van der Waals surface area (Å²) in [5.41, 5.74) is 1.72. The monoisotopic (exact) mass is 291 g/mol. The number of hydrogen-bond donors (Lipinski definition) is 2. The van der Waals surface area contributed by atoms with E-state index < -0.39 is 18.0 Å². The van der Waals surface area contributed by atoms with Crippen molar-refractivity contribution in [3.8, 4) is 0 Å². The van der Waals surface area contributed by atoms with Gasteiger partial charge in [-0.2, -0.15) is 0 Å². The predicted octanol–water partition coefficient (Wildman–Crippen LogP) is 1.96. The Bertz CT molecular complexity index is 661. The normalized spacial score (nSPS) is 12.3. The summed E-state index contributed by atoms with van der Waals surface area (Å²) in [5, 5.41) is 12.2. The molecule has 1 amide bonds. The smallest absolute Gasteiger partial charge is 0.306 e. The summed E-state index contributed by atoms with van der Waals surface area (Å²) in [5.74, 6) is -1.17. The van der Waals surface area contributed by atoms with Crippen LogP contribution in [0.4, 0.5) is 0 Å². The minimum Gasteiger partial charge on any atom is -0.481 e. The number of methoxy groups -OCH3 is 1. The zero-order valence-electron chi connectivity index (χ0n) is 11.9. The molecule has 112 valence electrons. The second-order valence-corrected chi connectivity index (χ2v) is 4.82. The molecule has 6 heteroatoms. The van der Waals surface area contributed by atoms with Crippen LogP contribution in [-0.2, 0) is 9.53 Å². The largest absolute Gasteiger partial charge is 0.481 e. The highest BCUT2D eigenvalue weighted by atomic mass is 16.5. The van der Waals surface area contributed by atoms with Crippen LogP contribution in [0.15, 0.2) is 28.7 Å². The highest BCUT2D eigenvalue weighted by Crippen LogP contribution is 2.20. The van der Waals surface area contributed by atoms with Gasteiger partial charge in [-0.05, 0) is 25.1 Å². The first-order valence-corrected chi connectivity index (χ1v) is 6.52. The molecule has 1 heterocycles. The van der Waals surface area contributed by atoms with Crippen LogP contribution in [0.25, 0.3) is 11.0 Å². The van der Waals surface area contributed by atoms with E-state index in [4.69, 9.17) is 14.3 Å². The standard InChI is InChI=1S/C15H17NO5/c1-9-3-4-12-10(5-9)6-13(21-12)15(19)16-8-11(20-2)7-14(17)18/h3-6,11H,7-8H2,1-2H3,(H,16,19)(H,17,18). The molecule has 2 N–H and O–H groups in total. The van der Waals surface area contributed by atoms with E-state index in [1.165, 1.54) is 7.11 Å². The van der Waals surface area contributed by atoms with E-state index >= 15 is 0 Å². The maximum Gasteiger partial charge on any atom is 0.306 e. The fourth-order valence-corrected chi connectivity index (χ4v) is 2.00. The number of ether oxygens (including phenoxy) is 1. The fourth-order valence-electron chi connectivity index (χ4n) is 2.00. The van der Waals surface area contributed by atoms with E-state index in [0.717, 1.165) is 10.9 Å². The number of nitrogens with one attached hydrogen (secondary N) is 1. The lowest BCUT2D eigenvalue weighted by Crippen LogP contribution is -2.34. The van der Waals surface area contributed by atoms with Crippen molar-refractivity contribution in [3.05, 3.63) is 35.6 Å². The van der Waals surface area contributed by atoms with Gasteiger partial charge >= 0.3 is 5.97 Å². The lowest BCUT2D eigenvalue weighted by Gasteiger charge is -2.13. The van der Waals surface area contributed by atoms with Crippen molar-refractivity contribution in [2.24, 2.45) is 0 Å². The van der Waals surface area contributed by atoms with Crippen molar-refractivity contribution in [1.82, 2.24) is 5.32 Å². The predicted molar refractivity (Wildman–Crippen MR) is 76.3 cm³/mol. The first-order chi connectivity index (χ1) is 9.99. The van der Waals surface area contributed by atoms with Crippen molar-refractivity contribution < 1.29 is 23.8 Å². The SMILES string of the molecule is COC(CNC(=O)c1cc2cc(C)ccc2o1)CC(=O)O. The summed E-state index contributed by atoms with van der Waals surface area (Å²) < 4.78 is 10.5. The quantitative estimate of drug-likeness (QED) is 0.849.